The summed E-state index contributed by atoms with van der Waals surface area (Å²) in [7, 11) is -3.69. The van der Waals surface area contributed by atoms with Crippen LogP contribution in [0.3, 0.4) is 0 Å². The lowest BCUT2D eigenvalue weighted by molar-refractivity contribution is -0.126. The Balaban J connectivity index is 1.86. The number of sulfonamides is 1. The van der Waals surface area contributed by atoms with Gasteiger partial charge in [0.05, 0.1) is 5.75 Å². The number of nitrogens with one attached hydrogen (secondary N) is 1. The van der Waals surface area contributed by atoms with Crippen LogP contribution in [-0.2, 0) is 20.6 Å². The third-order valence-electron chi connectivity index (χ3n) is 5.71. The Hall–Kier alpha value is -1.18. The van der Waals surface area contributed by atoms with E-state index in [9.17, 15) is 17.6 Å². The van der Waals surface area contributed by atoms with Crippen molar-refractivity contribution in [1.82, 2.24) is 9.62 Å². The van der Waals surface area contributed by atoms with Crippen molar-refractivity contribution >= 4 is 27.5 Å². The molecule has 164 valence electrons. The lowest BCUT2D eigenvalue weighted by atomic mass is 9.95. The van der Waals surface area contributed by atoms with E-state index < -0.39 is 21.6 Å². The molecule has 1 saturated heterocycles. The third kappa shape index (κ3) is 6.93. The Morgan fingerprint density at radius 1 is 1.31 bits per heavy atom. The molecule has 29 heavy (non-hydrogen) atoms. The Kier molecular flexibility index (Phi) is 9.37. The van der Waals surface area contributed by atoms with Gasteiger partial charge >= 0.3 is 0 Å². The van der Waals surface area contributed by atoms with Crippen LogP contribution >= 0.6 is 11.6 Å². The fourth-order valence-corrected chi connectivity index (χ4v) is 5.59. The first-order chi connectivity index (χ1) is 13.8. The van der Waals surface area contributed by atoms with Crippen LogP contribution in [0, 0.1) is 17.7 Å². The molecule has 5 nitrogen and oxygen atoms in total. The van der Waals surface area contributed by atoms with Crippen molar-refractivity contribution in [2.75, 3.05) is 19.6 Å². The number of carbonyl (C=O) groups excluding carboxylic acids is 1. The largest absolute Gasteiger partial charge is 0.356 e. The monoisotopic (exact) mass is 446 g/mol. The lowest BCUT2D eigenvalue weighted by Gasteiger charge is -2.31. The Labute approximate surface area is 179 Å². The number of amides is 1. The van der Waals surface area contributed by atoms with Gasteiger partial charge in [-0.3, -0.25) is 4.79 Å². The molecule has 1 fully saturated rings. The normalized spacial score (nSPS) is 17.2. The third-order valence-corrected chi connectivity index (χ3v) is 7.87. The Morgan fingerprint density at radius 3 is 2.59 bits per heavy atom. The van der Waals surface area contributed by atoms with Gasteiger partial charge in [-0.25, -0.2) is 17.1 Å². The van der Waals surface area contributed by atoms with Crippen LogP contribution in [0.1, 0.15) is 57.9 Å². The quantitative estimate of drug-likeness (QED) is 0.580. The van der Waals surface area contributed by atoms with Crippen molar-refractivity contribution in [3.63, 3.8) is 0 Å². The maximum atomic E-state index is 14.0. The molecule has 0 bridgehead atoms. The topological polar surface area (TPSA) is 66.5 Å². The van der Waals surface area contributed by atoms with Gasteiger partial charge in [-0.1, -0.05) is 50.8 Å². The molecule has 0 radical (unpaired) electrons. The van der Waals surface area contributed by atoms with Crippen molar-refractivity contribution in [1.29, 1.82) is 0 Å². The zero-order valence-electron chi connectivity index (χ0n) is 17.3. The van der Waals surface area contributed by atoms with Gasteiger partial charge in [-0.15, -0.1) is 0 Å². The summed E-state index contributed by atoms with van der Waals surface area (Å²) in [6, 6.07) is 4.14. The molecule has 0 spiro atoms. The summed E-state index contributed by atoms with van der Waals surface area (Å²) >= 11 is 5.97. The molecular formula is C21H32ClFN2O3S. The molecule has 1 aromatic rings. The molecular weight excluding hydrogens is 415 g/mol. The van der Waals surface area contributed by atoms with Crippen LogP contribution in [0.15, 0.2) is 18.2 Å². The van der Waals surface area contributed by atoms with Crippen LogP contribution < -0.4 is 5.32 Å². The van der Waals surface area contributed by atoms with Crippen LogP contribution in [0.25, 0.3) is 0 Å². The van der Waals surface area contributed by atoms with Gasteiger partial charge < -0.3 is 5.32 Å². The first-order valence-corrected chi connectivity index (χ1v) is 12.5. The summed E-state index contributed by atoms with van der Waals surface area (Å²) in [5.74, 6) is -0.768. The van der Waals surface area contributed by atoms with E-state index in [4.69, 9.17) is 11.6 Å². The highest BCUT2D eigenvalue weighted by atomic mass is 35.5. The van der Waals surface area contributed by atoms with Gasteiger partial charge in [-0.05, 0) is 37.3 Å². The number of halogens is 2. The molecule has 1 amide bonds. The molecule has 1 aromatic carbocycles. The number of hydrogen-bond acceptors (Lipinski definition) is 3. The molecule has 2 rings (SSSR count). The fraction of sp³-hybridized carbons (Fsp3) is 0.667. The lowest BCUT2D eigenvalue weighted by Crippen LogP contribution is -2.44. The maximum Gasteiger partial charge on any atom is 0.223 e. The minimum absolute atomic E-state index is 0.00767. The van der Waals surface area contributed by atoms with E-state index in [1.165, 1.54) is 22.5 Å². The predicted octanol–water partition coefficient (Wildman–Crippen LogP) is 4.35. The van der Waals surface area contributed by atoms with Gasteiger partial charge in [0.2, 0.25) is 15.9 Å². The van der Waals surface area contributed by atoms with Crippen LogP contribution in [0.2, 0.25) is 5.02 Å². The van der Waals surface area contributed by atoms with Crippen LogP contribution in [0.4, 0.5) is 4.39 Å². The number of piperidine rings is 1. The highest BCUT2D eigenvalue weighted by Crippen LogP contribution is 2.26. The van der Waals surface area contributed by atoms with Crippen LogP contribution in [-0.4, -0.2) is 38.3 Å². The SMILES string of the molecule is CCCC[C@H](CC)CNC(=O)C1CCN(S(=O)(=O)Cc2c(F)cccc2Cl)CC1. The smallest absolute Gasteiger partial charge is 0.223 e. The van der Waals surface area contributed by atoms with Crippen molar-refractivity contribution in [3.8, 4) is 0 Å². The van der Waals surface area contributed by atoms with Gasteiger partial charge in [0, 0.05) is 36.1 Å². The van der Waals surface area contributed by atoms with Gasteiger partial charge in [0.15, 0.2) is 0 Å². The van der Waals surface area contributed by atoms with Gasteiger partial charge in [-0.2, -0.15) is 0 Å². The van der Waals surface area contributed by atoms with Crippen molar-refractivity contribution in [2.45, 2.75) is 58.1 Å². The number of carbonyl (C=O) groups is 1. The molecule has 0 aromatic heterocycles. The van der Waals surface area contributed by atoms with Crippen molar-refractivity contribution in [2.24, 2.45) is 11.8 Å². The Morgan fingerprint density at radius 2 is 2.00 bits per heavy atom. The maximum absolute atomic E-state index is 14.0. The first kappa shape index (κ1) is 24.1. The van der Waals surface area contributed by atoms with Gasteiger partial charge in [0.25, 0.3) is 0 Å². The molecule has 0 unspecified atom stereocenters. The standard InChI is InChI=1S/C21H32ClFN2O3S/c1-3-5-7-16(4-2)14-24-21(26)17-10-12-25(13-11-17)29(27,28)15-18-19(22)8-6-9-20(18)23/h6,8-9,16-17H,3-5,7,10-15H2,1-2H3,(H,24,26)/t16-/m0/s1. The number of hydrogen-bond donors (Lipinski definition) is 1. The minimum Gasteiger partial charge on any atom is -0.356 e. The second-order valence-corrected chi connectivity index (χ2v) is 10.2. The summed E-state index contributed by atoms with van der Waals surface area (Å²) < 4.78 is 40.7. The average Bonchev–Trinajstić information content (AvgIpc) is 2.71. The van der Waals surface area contributed by atoms with E-state index in [1.807, 2.05) is 0 Å². The zero-order chi connectivity index (χ0) is 21.4. The molecule has 0 aliphatic carbocycles. The zero-order valence-corrected chi connectivity index (χ0v) is 18.9. The summed E-state index contributed by atoms with van der Waals surface area (Å²) in [6.45, 7) is 5.50. The van der Waals surface area contributed by atoms with E-state index >= 15 is 0 Å². The van der Waals surface area contributed by atoms with E-state index in [0.29, 0.717) is 25.3 Å². The molecule has 1 aliphatic rings. The Bertz CT molecular complexity index is 760. The number of rotatable bonds is 10. The fourth-order valence-electron chi connectivity index (χ4n) is 3.67. The minimum atomic E-state index is -3.69. The summed E-state index contributed by atoms with van der Waals surface area (Å²) in [4.78, 5) is 12.5. The number of benzene rings is 1. The molecule has 8 heteroatoms. The summed E-state index contributed by atoms with van der Waals surface area (Å²) in [6.07, 6.45) is 5.41. The molecule has 1 heterocycles. The molecule has 0 saturated carbocycles. The van der Waals surface area contributed by atoms with E-state index in [1.54, 1.807) is 0 Å². The molecule has 1 atom stereocenters. The van der Waals surface area contributed by atoms with Crippen LogP contribution in [0.5, 0.6) is 0 Å². The van der Waals surface area contributed by atoms with Crippen molar-refractivity contribution in [3.05, 3.63) is 34.6 Å². The summed E-state index contributed by atoms with van der Waals surface area (Å²) in [5.41, 5.74) is -0.00767. The second-order valence-electron chi connectivity index (χ2n) is 7.79. The second kappa shape index (κ2) is 11.3. The van der Waals surface area contributed by atoms with E-state index in [2.05, 4.69) is 19.2 Å². The highest BCUT2D eigenvalue weighted by Gasteiger charge is 2.32. The van der Waals surface area contributed by atoms with Crippen molar-refractivity contribution < 1.29 is 17.6 Å². The predicted molar refractivity (Wildman–Crippen MR) is 115 cm³/mol. The highest BCUT2D eigenvalue weighted by molar-refractivity contribution is 7.88. The number of nitrogens with zero attached hydrogens (tertiary/aromatic N) is 1. The molecule has 1 N–H and O–H groups in total. The number of unbranched alkanes of at least 4 members (excludes halogenated alkanes) is 1. The van der Waals surface area contributed by atoms with E-state index in [-0.39, 0.29) is 35.5 Å². The summed E-state index contributed by atoms with van der Waals surface area (Å²) in [5, 5.41) is 3.15. The van der Waals surface area contributed by atoms with Gasteiger partial charge in [0.1, 0.15) is 5.82 Å². The first-order valence-electron chi connectivity index (χ1n) is 10.5. The van der Waals surface area contributed by atoms with E-state index in [0.717, 1.165) is 25.7 Å². The average molecular weight is 447 g/mol. The molecule has 1 aliphatic heterocycles.